The van der Waals surface area contributed by atoms with E-state index in [0.29, 0.717) is 13.0 Å². The fourth-order valence-electron chi connectivity index (χ4n) is 0.778. The van der Waals surface area contributed by atoms with E-state index in [1.54, 1.807) is 0 Å². The van der Waals surface area contributed by atoms with Crippen LogP contribution in [0.3, 0.4) is 0 Å². The Morgan fingerprint density at radius 1 is 1.42 bits per heavy atom. The highest BCUT2D eigenvalue weighted by molar-refractivity contribution is 7.85. The third kappa shape index (κ3) is 7.97. The van der Waals surface area contributed by atoms with Crippen molar-refractivity contribution in [2.24, 2.45) is 0 Å². The molecule has 73 valence electrons. The van der Waals surface area contributed by atoms with Gasteiger partial charge in [0.05, 0.1) is 5.75 Å². The van der Waals surface area contributed by atoms with Crippen molar-refractivity contribution in [2.75, 3.05) is 25.9 Å². The maximum absolute atomic E-state index is 10.3. The first kappa shape index (κ1) is 11.9. The van der Waals surface area contributed by atoms with E-state index < -0.39 is 10.1 Å². The van der Waals surface area contributed by atoms with E-state index in [2.05, 4.69) is 6.92 Å². The maximum atomic E-state index is 10.3. The molecule has 1 N–H and O–H groups in total. The van der Waals surface area contributed by atoms with Crippen LogP contribution in [0.5, 0.6) is 0 Å². The Morgan fingerprint density at radius 2 is 2.00 bits per heavy atom. The largest absolute Gasteiger partial charge is 0.306 e. The lowest BCUT2D eigenvalue weighted by Crippen LogP contribution is -2.19. The van der Waals surface area contributed by atoms with E-state index in [4.69, 9.17) is 4.55 Å². The van der Waals surface area contributed by atoms with Crippen LogP contribution in [0.25, 0.3) is 0 Å². The summed E-state index contributed by atoms with van der Waals surface area (Å²) in [7, 11) is -1.85. The summed E-state index contributed by atoms with van der Waals surface area (Å²) in [5.74, 6) is -0.141. The minimum absolute atomic E-state index is 0.141. The fourth-order valence-corrected chi connectivity index (χ4v) is 1.35. The molecular weight excluding hydrogens is 178 g/mol. The molecule has 0 saturated carbocycles. The van der Waals surface area contributed by atoms with Gasteiger partial charge in [0, 0.05) is 0 Å². The quantitative estimate of drug-likeness (QED) is 0.492. The highest BCUT2D eigenvalue weighted by Gasteiger charge is 2.03. The van der Waals surface area contributed by atoms with Crippen molar-refractivity contribution in [1.29, 1.82) is 0 Å². The molecule has 12 heavy (non-hydrogen) atoms. The third-order valence-corrected chi connectivity index (χ3v) is 2.38. The minimum atomic E-state index is -3.76. The Balaban J connectivity index is 3.34. The predicted octanol–water partition coefficient (Wildman–Crippen LogP) is 0.420. The second kappa shape index (κ2) is 5.50. The van der Waals surface area contributed by atoms with Crippen molar-refractivity contribution in [1.82, 2.24) is 4.90 Å². The maximum Gasteiger partial charge on any atom is 0.264 e. The molecule has 0 bridgehead atoms. The van der Waals surface area contributed by atoms with E-state index in [0.717, 1.165) is 13.0 Å². The summed E-state index contributed by atoms with van der Waals surface area (Å²) in [6.45, 7) is 5.20. The number of rotatable bonds is 6. The zero-order valence-corrected chi connectivity index (χ0v) is 8.18. The average molecular weight is 194 g/mol. The summed E-state index contributed by atoms with van der Waals surface area (Å²) in [5.41, 5.74) is 0. The van der Waals surface area contributed by atoms with Crippen LogP contribution in [-0.4, -0.2) is 43.8 Å². The molecular formula is C7H16NO3S. The van der Waals surface area contributed by atoms with E-state index in [9.17, 15) is 8.42 Å². The van der Waals surface area contributed by atoms with Crippen LogP contribution in [0, 0.1) is 6.92 Å². The smallest absolute Gasteiger partial charge is 0.264 e. The molecule has 0 amide bonds. The van der Waals surface area contributed by atoms with Crippen molar-refractivity contribution < 1.29 is 13.0 Å². The summed E-state index contributed by atoms with van der Waals surface area (Å²) in [6, 6.07) is 0. The average Bonchev–Trinajstić information content (AvgIpc) is 1.96. The number of nitrogens with zero attached hydrogens (tertiary/aromatic N) is 1. The number of hydrogen-bond acceptors (Lipinski definition) is 3. The molecule has 0 atom stereocenters. The van der Waals surface area contributed by atoms with Crippen LogP contribution in [0.15, 0.2) is 0 Å². The lowest BCUT2D eigenvalue weighted by Gasteiger charge is -2.12. The van der Waals surface area contributed by atoms with Crippen LogP contribution in [0.1, 0.15) is 12.8 Å². The fraction of sp³-hybridized carbons (Fsp3) is 0.857. The molecule has 0 fully saturated rings. The van der Waals surface area contributed by atoms with Crippen LogP contribution >= 0.6 is 0 Å². The molecule has 0 spiro atoms. The highest BCUT2D eigenvalue weighted by Crippen LogP contribution is 1.95. The molecule has 0 saturated heterocycles. The van der Waals surface area contributed by atoms with E-state index >= 15 is 0 Å². The van der Waals surface area contributed by atoms with Gasteiger partial charge in [-0.1, -0.05) is 0 Å². The second-order valence-electron chi connectivity index (χ2n) is 2.80. The summed E-state index contributed by atoms with van der Waals surface area (Å²) in [5, 5.41) is 0. The van der Waals surface area contributed by atoms with Crippen molar-refractivity contribution in [3.05, 3.63) is 6.92 Å². The van der Waals surface area contributed by atoms with Gasteiger partial charge in [0.25, 0.3) is 10.1 Å². The van der Waals surface area contributed by atoms with Gasteiger partial charge in [0.1, 0.15) is 0 Å². The monoisotopic (exact) mass is 194 g/mol. The van der Waals surface area contributed by atoms with Gasteiger partial charge in [-0.2, -0.15) is 8.42 Å². The summed E-state index contributed by atoms with van der Waals surface area (Å²) < 4.78 is 28.9. The predicted molar refractivity (Wildman–Crippen MR) is 48.5 cm³/mol. The zero-order chi connectivity index (χ0) is 9.61. The Bertz CT molecular complexity index is 201. The standard InChI is InChI=1S/C7H16NO3S/c1-3-8(2)6-4-5-7-12(9,10)11/h1,3-7H2,2H3,(H,9,10,11). The van der Waals surface area contributed by atoms with Crippen molar-refractivity contribution in [3.63, 3.8) is 0 Å². The van der Waals surface area contributed by atoms with E-state index in [-0.39, 0.29) is 5.75 Å². The Hall–Kier alpha value is -0.130. The lowest BCUT2D eigenvalue weighted by atomic mass is 10.3. The molecule has 4 nitrogen and oxygen atoms in total. The van der Waals surface area contributed by atoms with Gasteiger partial charge in [0.15, 0.2) is 0 Å². The van der Waals surface area contributed by atoms with Gasteiger partial charge in [-0.3, -0.25) is 4.55 Å². The van der Waals surface area contributed by atoms with Gasteiger partial charge >= 0.3 is 0 Å². The van der Waals surface area contributed by atoms with Gasteiger partial charge in [-0.15, -0.1) is 0 Å². The molecule has 0 aliphatic heterocycles. The Labute approximate surface area is 74.3 Å². The van der Waals surface area contributed by atoms with Crippen LogP contribution in [-0.2, 0) is 10.1 Å². The van der Waals surface area contributed by atoms with Crippen LogP contribution in [0.2, 0.25) is 0 Å². The summed E-state index contributed by atoms with van der Waals surface area (Å²) in [4.78, 5) is 1.99. The van der Waals surface area contributed by atoms with Crippen LogP contribution in [0.4, 0.5) is 0 Å². The first-order valence-corrected chi connectivity index (χ1v) is 5.49. The van der Waals surface area contributed by atoms with Gasteiger partial charge < -0.3 is 4.90 Å². The first-order valence-electron chi connectivity index (χ1n) is 3.88. The molecule has 0 rings (SSSR count). The molecule has 0 aliphatic rings. The lowest BCUT2D eigenvalue weighted by molar-refractivity contribution is 0.360. The normalized spacial score (nSPS) is 12.3. The van der Waals surface area contributed by atoms with Gasteiger partial charge in [-0.05, 0) is 39.9 Å². The molecule has 1 radical (unpaired) electrons. The van der Waals surface area contributed by atoms with Gasteiger partial charge in [0.2, 0.25) is 0 Å². The molecule has 0 aromatic rings. The molecule has 0 unspecified atom stereocenters. The molecule has 0 heterocycles. The number of hydrogen-bond donors (Lipinski definition) is 1. The molecule has 5 heteroatoms. The Kier molecular flexibility index (Phi) is 5.44. The minimum Gasteiger partial charge on any atom is -0.306 e. The second-order valence-corrected chi connectivity index (χ2v) is 4.37. The topological polar surface area (TPSA) is 57.6 Å². The molecule has 0 aromatic heterocycles. The first-order chi connectivity index (χ1) is 5.45. The summed E-state index contributed by atoms with van der Waals surface area (Å²) in [6.07, 6.45) is 1.27. The SMILES string of the molecule is [CH2]CN(C)CCCCS(=O)(=O)O. The molecule has 0 aromatic carbocycles. The zero-order valence-electron chi connectivity index (χ0n) is 7.36. The Morgan fingerprint density at radius 3 is 2.42 bits per heavy atom. The van der Waals surface area contributed by atoms with Gasteiger partial charge in [-0.25, -0.2) is 0 Å². The van der Waals surface area contributed by atoms with Crippen molar-refractivity contribution in [2.45, 2.75) is 12.8 Å². The highest BCUT2D eigenvalue weighted by atomic mass is 32.2. The van der Waals surface area contributed by atoms with Crippen LogP contribution < -0.4 is 0 Å². The van der Waals surface area contributed by atoms with Crippen molar-refractivity contribution >= 4 is 10.1 Å². The van der Waals surface area contributed by atoms with Crippen molar-refractivity contribution in [3.8, 4) is 0 Å². The molecule has 0 aliphatic carbocycles. The summed E-state index contributed by atoms with van der Waals surface area (Å²) >= 11 is 0. The van der Waals surface area contributed by atoms with E-state index in [1.165, 1.54) is 0 Å². The number of unbranched alkanes of at least 4 members (excludes halogenated alkanes) is 1. The third-order valence-electron chi connectivity index (χ3n) is 1.57. The van der Waals surface area contributed by atoms with E-state index in [1.807, 2.05) is 11.9 Å².